The lowest BCUT2D eigenvalue weighted by Gasteiger charge is -2.40. The van der Waals surface area contributed by atoms with E-state index in [0.717, 1.165) is 17.4 Å². The van der Waals surface area contributed by atoms with Crippen LogP contribution in [0.2, 0.25) is 5.02 Å². The van der Waals surface area contributed by atoms with E-state index < -0.39 is 24.1 Å². The number of anilines is 1. The predicted octanol–water partition coefficient (Wildman–Crippen LogP) is 5.44. The number of carbonyl (C=O) groups is 1. The highest BCUT2D eigenvalue weighted by atomic mass is 35.5. The fourth-order valence-electron chi connectivity index (χ4n) is 3.76. The van der Waals surface area contributed by atoms with Gasteiger partial charge in [-0.1, -0.05) is 29.5 Å². The zero-order valence-electron chi connectivity index (χ0n) is 18.2. The molecule has 1 unspecified atom stereocenters. The van der Waals surface area contributed by atoms with Gasteiger partial charge >= 0.3 is 5.97 Å². The van der Waals surface area contributed by atoms with E-state index in [-0.39, 0.29) is 26.9 Å². The normalized spacial score (nSPS) is 19.7. The summed E-state index contributed by atoms with van der Waals surface area (Å²) in [6.07, 6.45) is 0.229. The summed E-state index contributed by atoms with van der Waals surface area (Å²) in [4.78, 5) is 14.2. The summed E-state index contributed by atoms with van der Waals surface area (Å²) in [5.74, 6) is 4.31. The molecule has 1 atom stereocenters. The first kappa shape index (κ1) is 24.5. The molecule has 1 aromatic carbocycles. The van der Waals surface area contributed by atoms with Gasteiger partial charge in [0.2, 0.25) is 0 Å². The van der Waals surface area contributed by atoms with Gasteiger partial charge in [-0.2, -0.15) is 0 Å². The fraction of sp³-hybridized carbons (Fsp3) is 0.458. The molecule has 1 fully saturated rings. The molecule has 8 heteroatoms. The van der Waals surface area contributed by atoms with Gasteiger partial charge in [0.15, 0.2) is 6.23 Å². The Bertz CT molecular complexity index is 1040. The molecule has 1 aromatic heterocycles. The molecule has 1 heterocycles. The minimum atomic E-state index is -1.43. The Kier molecular flexibility index (Phi) is 7.51. The lowest BCUT2D eigenvalue weighted by molar-refractivity contribution is 0.0700. The van der Waals surface area contributed by atoms with Crippen LogP contribution in [0.5, 0.6) is 0 Å². The molecular weight excluding hydrogens is 453 g/mol. The molecule has 5 nitrogen and oxygen atoms in total. The molecule has 0 aliphatic heterocycles. The van der Waals surface area contributed by atoms with Crippen LogP contribution < -0.4 is 4.90 Å². The Morgan fingerprint density at radius 1 is 1.25 bits per heavy atom. The molecule has 0 radical (unpaired) electrons. The van der Waals surface area contributed by atoms with Crippen LogP contribution in [0.3, 0.4) is 0 Å². The highest BCUT2D eigenvalue weighted by Crippen LogP contribution is 2.40. The van der Waals surface area contributed by atoms with Crippen molar-refractivity contribution in [3.8, 4) is 11.8 Å². The minimum absolute atomic E-state index is 0.00499. The Morgan fingerprint density at radius 2 is 1.91 bits per heavy atom. The van der Waals surface area contributed by atoms with Gasteiger partial charge in [0, 0.05) is 22.0 Å². The van der Waals surface area contributed by atoms with Crippen LogP contribution in [0.1, 0.15) is 72.8 Å². The van der Waals surface area contributed by atoms with Crippen molar-refractivity contribution in [2.24, 2.45) is 5.41 Å². The summed E-state index contributed by atoms with van der Waals surface area (Å²) in [7, 11) is 0. The molecule has 0 bridgehead atoms. The van der Waals surface area contributed by atoms with Gasteiger partial charge in [0.05, 0.1) is 16.7 Å². The quantitative estimate of drug-likeness (QED) is 0.393. The Hall–Kier alpha value is -2.11. The lowest BCUT2D eigenvalue weighted by Crippen LogP contribution is -2.42. The Morgan fingerprint density at radius 3 is 2.47 bits per heavy atom. The first-order valence-corrected chi connectivity index (χ1v) is 11.7. The first-order chi connectivity index (χ1) is 15.0. The van der Waals surface area contributed by atoms with E-state index in [2.05, 4.69) is 11.8 Å². The number of nitrogens with zero attached hydrogens (tertiary/aromatic N) is 1. The van der Waals surface area contributed by atoms with E-state index in [1.807, 2.05) is 20.8 Å². The second-order valence-electron chi connectivity index (χ2n) is 9.04. The zero-order valence-corrected chi connectivity index (χ0v) is 19.8. The predicted molar refractivity (Wildman–Crippen MR) is 125 cm³/mol. The lowest BCUT2D eigenvalue weighted by atomic mass is 9.91. The third-order valence-corrected chi connectivity index (χ3v) is 6.57. The van der Waals surface area contributed by atoms with E-state index in [1.54, 1.807) is 11.0 Å². The van der Waals surface area contributed by atoms with Crippen molar-refractivity contribution < 1.29 is 24.5 Å². The van der Waals surface area contributed by atoms with Gasteiger partial charge in [-0.25, -0.2) is 9.18 Å². The van der Waals surface area contributed by atoms with Crippen LogP contribution in [0.4, 0.5) is 10.1 Å². The summed E-state index contributed by atoms with van der Waals surface area (Å²) < 4.78 is 14.7. The standard InChI is InChI=1S/C24H27ClFNO4S/c1-24(2,3)11-10-17-13-20(21(32-17)23(30)31)27(15-5-7-16(28)8-6-15)22(29)18-9-4-14(25)12-19(18)26/h4,9,12-13,15-16,22,28-29H,5-8H2,1-3H3,(H,30,31). The number of aliphatic hydroxyl groups excluding tert-OH is 2. The van der Waals surface area contributed by atoms with Crippen molar-refractivity contribution in [3.05, 3.63) is 50.4 Å². The smallest absolute Gasteiger partial charge is 0.348 e. The van der Waals surface area contributed by atoms with Gasteiger partial charge in [-0.05, 0) is 64.7 Å². The molecule has 0 amide bonds. The third-order valence-electron chi connectivity index (χ3n) is 5.31. The average Bonchev–Trinajstić information content (AvgIpc) is 3.12. The topological polar surface area (TPSA) is 81.0 Å². The molecule has 0 spiro atoms. The average molecular weight is 480 g/mol. The van der Waals surface area contributed by atoms with Gasteiger partial charge < -0.3 is 20.2 Å². The van der Waals surface area contributed by atoms with E-state index in [1.165, 1.54) is 12.1 Å². The molecular formula is C24H27ClFNO4S. The molecule has 1 saturated carbocycles. The van der Waals surface area contributed by atoms with Gasteiger partial charge in [-0.15, -0.1) is 11.3 Å². The second kappa shape index (κ2) is 9.80. The highest BCUT2D eigenvalue weighted by molar-refractivity contribution is 7.15. The molecule has 3 rings (SSSR count). The van der Waals surface area contributed by atoms with E-state index in [4.69, 9.17) is 11.6 Å². The minimum Gasteiger partial charge on any atom is -0.477 e. The van der Waals surface area contributed by atoms with E-state index >= 15 is 0 Å². The van der Waals surface area contributed by atoms with Crippen molar-refractivity contribution in [1.29, 1.82) is 0 Å². The maximum atomic E-state index is 14.7. The Labute approximate surface area is 196 Å². The number of carboxylic acids is 1. The number of halogens is 2. The van der Waals surface area contributed by atoms with Crippen molar-refractivity contribution in [1.82, 2.24) is 0 Å². The monoisotopic (exact) mass is 479 g/mol. The van der Waals surface area contributed by atoms with Crippen LogP contribution in [-0.2, 0) is 0 Å². The third kappa shape index (κ3) is 5.81. The largest absolute Gasteiger partial charge is 0.477 e. The second-order valence-corrected chi connectivity index (χ2v) is 10.5. The Balaban J connectivity index is 2.11. The fourth-order valence-corrected chi connectivity index (χ4v) is 4.77. The molecule has 0 saturated heterocycles. The number of aliphatic hydroxyl groups is 2. The van der Waals surface area contributed by atoms with Crippen molar-refractivity contribution >= 4 is 34.6 Å². The van der Waals surface area contributed by atoms with Crippen LogP contribution in [0.15, 0.2) is 24.3 Å². The van der Waals surface area contributed by atoms with Gasteiger partial charge in [-0.3, -0.25) is 0 Å². The van der Waals surface area contributed by atoms with Crippen LogP contribution in [-0.4, -0.2) is 33.4 Å². The van der Waals surface area contributed by atoms with Crippen molar-refractivity contribution in [2.45, 2.75) is 64.8 Å². The zero-order chi connectivity index (χ0) is 23.6. The summed E-state index contributed by atoms with van der Waals surface area (Å²) in [6, 6.07) is 5.38. The summed E-state index contributed by atoms with van der Waals surface area (Å²) in [6.45, 7) is 5.87. The SMILES string of the molecule is CC(C)(C)C#Cc1cc(N(C2CCC(O)CC2)C(O)c2ccc(Cl)cc2F)c(C(=O)O)s1. The number of thiophene rings is 1. The first-order valence-electron chi connectivity index (χ1n) is 10.5. The number of benzene rings is 1. The summed E-state index contributed by atoms with van der Waals surface area (Å²) >= 11 is 6.90. The van der Waals surface area contributed by atoms with Crippen molar-refractivity contribution in [2.75, 3.05) is 4.90 Å². The van der Waals surface area contributed by atoms with Gasteiger partial charge in [0.1, 0.15) is 10.7 Å². The number of hydrogen-bond acceptors (Lipinski definition) is 5. The summed E-state index contributed by atoms with van der Waals surface area (Å²) in [5, 5.41) is 31.3. The number of rotatable bonds is 5. The maximum Gasteiger partial charge on any atom is 0.348 e. The number of aromatic carboxylic acids is 1. The number of hydrogen-bond donors (Lipinski definition) is 3. The molecule has 32 heavy (non-hydrogen) atoms. The molecule has 172 valence electrons. The van der Waals surface area contributed by atoms with E-state index in [9.17, 15) is 24.5 Å². The maximum absolute atomic E-state index is 14.7. The molecule has 3 N–H and O–H groups in total. The number of carboxylic acid groups (broad SMARTS) is 1. The van der Waals surface area contributed by atoms with Crippen LogP contribution in [0, 0.1) is 23.1 Å². The van der Waals surface area contributed by atoms with Crippen LogP contribution >= 0.6 is 22.9 Å². The van der Waals surface area contributed by atoms with Gasteiger partial charge in [0.25, 0.3) is 0 Å². The molecule has 2 aromatic rings. The van der Waals surface area contributed by atoms with E-state index in [0.29, 0.717) is 36.2 Å². The highest BCUT2D eigenvalue weighted by Gasteiger charge is 2.34. The molecule has 1 aliphatic rings. The summed E-state index contributed by atoms with van der Waals surface area (Å²) in [5.41, 5.74) is 0.0351. The van der Waals surface area contributed by atoms with Crippen molar-refractivity contribution in [3.63, 3.8) is 0 Å². The molecule has 1 aliphatic carbocycles. The van der Waals surface area contributed by atoms with Crippen LogP contribution in [0.25, 0.3) is 0 Å².